The Hall–Kier alpha value is -1.44. The first kappa shape index (κ1) is 15.9. The van der Waals surface area contributed by atoms with E-state index in [1.807, 2.05) is 0 Å². The highest BCUT2D eigenvalue weighted by atomic mass is 32.2. The summed E-state index contributed by atoms with van der Waals surface area (Å²) in [7, 11) is 0. The molecule has 1 heterocycles. The van der Waals surface area contributed by atoms with Gasteiger partial charge in [0.2, 0.25) is 0 Å². The zero-order chi connectivity index (χ0) is 15.2. The number of rotatable bonds is 8. The van der Waals surface area contributed by atoms with E-state index in [4.69, 9.17) is 9.25 Å². The standard InChI is InChI=1S/C13H15F3N2O2S/c1-8-11(6-17-19-7-9-2-3-9)20-13(18-8)21-5-4-10(14)12(15)16/h6,9H,2-5,7H2,1H3/b17-6+. The van der Waals surface area contributed by atoms with E-state index >= 15 is 0 Å². The minimum atomic E-state index is -2.28. The van der Waals surface area contributed by atoms with Crippen LogP contribution in [0.4, 0.5) is 13.2 Å². The predicted octanol–water partition coefficient (Wildman–Crippen LogP) is 4.30. The predicted molar refractivity (Wildman–Crippen MR) is 73.2 cm³/mol. The number of hydrogen-bond donors (Lipinski definition) is 0. The third-order valence-electron chi connectivity index (χ3n) is 2.82. The zero-order valence-electron chi connectivity index (χ0n) is 11.4. The molecule has 0 bridgehead atoms. The molecular formula is C13H15F3N2O2S. The van der Waals surface area contributed by atoms with Gasteiger partial charge in [0, 0.05) is 12.2 Å². The molecule has 1 fully saturated rings. The quantitative estimate of drug-likeness (QED) is 0.407. The van der Waals surface area contributed by atoms with E-state index in [0.29, 0.717) is 29.2 Å². The monoisotopic (exact) mass is 320 g/mol. The molecule has 21 heavy (non-hydrogen) atoms. The van der Waals surface area contributed by atoms with Crippen molar-refractivity contribution in [1.82, 2.24) is 4.98 Å². The van der Waals surface area contributed by atoms with Crippen molar-refractivity contribution in [2.75, 3.05) is 12.4 Å². The number of halogens is 3. The van der Waals surface area contributed by atoms with Gasteiger partial charge in [0.05, 0.1) is 5.69 Å². The maximum absolute atomic E-state index is 12.6. The van der Waals surface area contributed by atoms with E-state index in [1.54, 1.807) is 6.92 Å². The smallest absolute Gasteiger partial charge is 0.301 e. The Kier molecular flexibility index (Phi) is 5.72. The normalized spacial score (nSPS) is 14.7. The number of aryl methyl sites for hydroxylation is 1. The fourth-order valence-corrected chi connectivity index (χ4v) is 2.21. The van der Waals surface area contributed by atoms with Gasteiger partial charge < -0.3 is 9.25 Å². The van der Waals surface area contributed by atoms with E-state index in [-0.39, 0.29) is 12.2 Å². The summed E-state index contributed by atoms with van der Waals surface area (Å²) in [4.78, 5) is 9.20. The third kappa shape index (κ3) is 5.45. The Balaban J connectivity index is 1.79. The number of allylic oxidation sites excluding steroid dienone is 1. The molecule has 1 aliphatic rings. The molecule has 1 aromatic rings. The van der Waals surface area contributed by atoms with Gasteiger partial charge in [0.15, 0.2) is 11.6 Å². The van der Waals surface area contributed by atoms with E-state index < -0.39 is 11.9 Å². The minimum Gasteiger partial charge on any atom is -0.430 e. The fourth-order valence-electron chi connectivity index (χ4n) is 1.40. The summed E-state index contributed by atoms with van der Waals surface area (Å²) in [5, 5.41) is 4.09. The van der Waals surface area contributed by atoms with Crippen LogP contribution in [0.2, 0.25) is 0 Å². The number of thioether (sulfide) groups is 1. The van der Waals surface area contributed by atoms with Crippen molar-refractivity contribution >= 4 is 18.0 Å². The molecular weight excluding hydrogens is 305 g/mol. The average Bonchev–Trinajstić information content (AvgIpc) is 3.19. The molecule has 0 atom stereocenters. The van der Waals surface area contributed by atoms with Crippen molar-refractivity contribution in [2.45, 2.75) is 31.4 Å². The van der Waals surface area contributed by atoms with E-state index in [1.165, 1.54) is 19.1 Å². The van der Waals surface area contributed by atoms with Crippen LogP contribution in [0.5, 0.6) is 0 Å². The first-order valence-corrected chi connectivity index (χ1v) is 7.50. The zero-order valence-corrected chi connectivity index (χ0v) is 12.3. The number of nitrogens with zero attached hydrogens (tertiary/aromatic N) is 2. The molecule has 0 amide bonds. The van der Waals surface area contributed by atoms with Gasteiger partial charge in [-0.1, -0.05) is 16.9 Å². The first-order chi connectivity index (χ1) is 10.1. The lowest BCUT2D eigenvalue weighted by Gasteiger charge is -1.95. The Bertz CT molecular complexity index is 538. The Morgan fingerprint density at radius 1 is 1.48 bits per heavy atom. The second kappa shape index (κ2) is 7.53. The van der Waals surface area contributed by atoms with Crippen molar-refractivity contribution < 1.29 is 22.4 Å². The molecule has 1 aliphatic carbocycles. The van der Waals surface area contributed by atoms with Gasteiger partial charge in [-0.05, 0) is 25.7 Å². The molecule has 0 aliphatic heterocycles. The van der Waals surface area contributed by atoms with E-state index in [9.17, 15) is 13.2 Å². The van der Waals surface area contributed by atoms with Gasteiger partial charge in [0.1, 0.15) is 12.8 Å². The SMILES string of the molecule is Cc1nc(SCCC(F)=C(F)F)oc1/C=N/OCC1CC1. The van der Waals surface area contributed by atoms with Crippen LogP contribution in [-0.2, 0) is 4.84 Å². The molecule has 0 unspecified atom stereocenters. The lowest BCUT2D eigenvalue weighted by Crippen LogP contribution is -1.90. The largest absolute Gasteiger partial charge is 0.430 e. The topological polar surface area (TPSA) is 47.6 Å². The molecule has 4 nitrogen and oxygen atoms in total. The third-order valence-corrected chi connectivity index (χ3v) is 3.65. The molecule has 1 aromatic heterocycles. The van der Waals surface area contributed by atoms with Gasteiger partial charge in [-0.15, -0.1) is 0 Å². The fraction of sp³-hybridized carbons (Fsp3) is 0.538. The molecule has 2 rings (SSSR count). The van der Waals surface area contributed by atoms with Crippen molar-refractivity contribution in [3.05, 3.63) is 23.4 Å². The summed E-state index contributed by atoms with van der Waals surface area (Å²) in [6.07, 6.45) is 1.16. The molecule has 0 radical (unpaired) electrons. The van der Waals surface area contributed by atoms with Crippen LogP contribution in [0.15, 0.2) is 26.7 Å². The van der Waals surface area contributed by atoms with Crippen molar-refractivity contribution in [2.24, 2.45) is 11.1 Å². The molecule has 0 spiro atoms. The summed E-state index contributed by atoms with van der Waals surface area (Å²) >= 11 is 1.07. The number of hydrogen-bond acceptors (Lipinski definition) is 5. The molecule has 0 saturated heterocycles. The average molecular weight is 320 g/mol. The van der Waals surface area contributed by atoms with Crippen LogP contribution in [-0.4, -0.2) is 23.6 Å². The van der Waals surface area contributed by atoms with Crippen LogP contribution >= 0.6 is 11.8 Å². The van der Waals surface area contributed by atoms with E-state index in [0.717, 1.165) is 11.8 Å². The number of oxazole rings is 1. The molecule has 116 valence electrons. The molecule has 8 heteroatoms. The van der Waals surface area contributed by atoms with Gasteiger partial charge in [-0.3, -0.25) is 0 Å². The minimum absolute atomic E-state index is 0.123. The second-order valence-corrected chi connectivity index (χ2v) is 5.71. The van der Waals surface area contributed by atoms with Crippen LogP contribution in [0.3, 0.4) is 0 Å². The molecule has 0 aromatic carbocycles. The molecule has 1 saturated carbocycles. The van der Waals surface area contributed by atoms with Crippen molar-refractivity contribution in [3.63, 3.8) is 0 Å². The van der Waals surface area contributed by atoms with E-state index in [2.05, 4.69) is 10.1 Å². The van der Waals surface area contributed by atoms with Crippen LogP contribution in [0.25, 0.3) is 0 Å². The Labute approximate surface area is 124 Å². The summed E-state index contributed by atoms with van der Waals surface area (Å²) in [6.45, 7) is 2.34. The maximum atomic E-state index is 12.6. The highest BCUT2D eigenvalue weighted by molar-refractivity contribution is 7.99. The highest BCUT2D eigenvalue weighted by Crippen LogP contribution is 2.28. The van der Waals surface area contributed by atoms with Gasteiger partial charge in [0.25, 0.3) is 5.22 Å². The number of oxime groups is 1. The van der Waals surface area contributed by atoms with Crippen molar-refractivity contribution in [3.8, 4) is 0 Å². The maximum Gasteiger partial charge on any atom is 0.301 e. The van der Waals surface area contributed by atoms with Gasteiger partial charge in [-0.25, -0.2) is 9.37 Å². The summed E-state index contributed by atoms with van der Waals surface area (Å²) in [5.41, 5.74) is 0.615. The van der Waals surface area contributed by atoms with Crippen LogP contribution < -0.4 is 0 Å². The summed E-state index contributed by atoms with van der Waals surface area (Å²) in [5.74, 6) is -0.220. The first-order valence-electron chi connectivity index (χ1n) is 6.51. The Morgan fingerprint density at radius 3 is 2.90 bits per heavy atom. The van der Waals surface area contributed by atoms with Crippen molar-refractivity contribution in [1.29, 1.82) is 0 Å². The summed E-state index contributed by atoms with van der Waals surface area (Å²) < 4.78 is 41.8. The Morgan fingerprint density at radius 2 is 2.24 bits per heavy atom. The van der Waals surface area contributed by atoms with Crippen LogP contribution in [0, 0.1) is 12.8 Å². The van der Waals surface area contributed by atoms with Crippen LogP contribution in [0.1, 0.15) is 30.7 Å². The second-order valence-electron chi connectivity index (χ2n) is 4.67. The van der Waals surface area contributed by atoms with Gasteiger partial charge >= 0.3 is 6.08 Å². The highest BCUT2D eigenvalue weighted by Gasteiger charge is 2.21. The lowest BCUT2D eigenvalue weighted by molar-refractivity contribution is 0.135. The molecule has 0 N–H and O–H groups in total. The van der Waals surface area contributed by atoms with Gasteiger partial charge in [-0.2, -0.15) is 8.78 Å². The lowest BCUT2D eigenvalue weighted by atomic mass is 10.4. The summed E-state index contributed by atoms with van der Waals surface area (Å²) in [6, 6.07) is 0. The number of aromatic nitrogens is 1.